The molecule has 0 rings (SSSR count). The van der Waals surface area contributed by atoms with Crippen molar-refractivity contribution in [3.63, 3.8) is 0 Å². The van der Waals surface area contributed by atoms with Gasteiger partial charge in [0, 0.05) is 0 Å². The fourth-order valence-corrected chi connectivity index (χ4v) is 0. The van der Waals surface area contributed by atoms with E-state index in [0.717, 1.165) is 10.7 Å². The van der Waals surface area contributed by atoms with Crippen molar-refractivity contribution in [2.24, 2.45) is 10.7 Å². The van der Waals surface area contributed by atoms with Gasteiger partial charge in [-0.05, 0) is 0 Å². The first-order valence-corrected chi connectivity index (χ1v) is 0.730. The van der Waals surface area contributed by atoms with E-state index in [1.807, 2.05) is 0 Å². The van der Waals surface area contributed by atoms with Crippen LogP contribution in [-0.4, -0.2) is 48.9 Å². The Kier molecular flexibility index (Phi) is 73.1. The number of nitrogens with zero attached hydrogens (tertiary/aromatic N) is 2. The minimum atomic E-state index is 0. The van der Waals surface area contributed by atoms with Crippen molar-refractivity contribution in [1.29, 1.82) is 0 Å². The largest absolute Gasteiger partial charge is 2.00 e. The van der Waals surface area contributed by atoms with Crippen molar-refractivity contribution >= 4 is 48.9 Å². The Hall–Kier alpha value is 0.371. The summed E-state index contributed by atoms with van der Waals surface area (Å²) in [6, 6.07) is 0. The summed E-state index contributed by atoms with van der Waals surface area (Å²) in [5.74, 6) is 0. The maximum atomic E-state index is 8.00. The molecule has 0 unspecified atom stereocenters. The quantitative estimate of drug-likeness (QED) is 0.334. The Morgan fingerprint density at radius 3 is 1.00 bits per heavy atom. The molecule has 0 amide bonds. The minimum absolute atomic E-state index is 0. The second-order valence-corrected chi connectivity index (χ2v) is 0.149. The van der Waals surface area contributed by atoms with Crippen molar-refractivity contribution in [2.45, 2.75) is 0 Å². The van der Waals surface area contributed by atoms with Crippen molar-refractivity contribution in [3.8, 4) is 0 Å². The number of hydrogen-bond acceptors (Lipinski definition) is 6. The van der Waals surface area contributed by atoms with E-state index in [-0.39, 0.29) is 48.9 Å². The van der Waals surface area contributed by atoms with Crippen LogP contribution in [0.15, 0.2) is 10.7 Å². The normalized spacial score (nSPS) is 3.43. The van der Waals surface area contributed by atoms with Crippen LogP contribution in [0.2, 0.25) is 0 Å². The minimum Gasteiger partial charge on any atom is -0.444 e. The molecule has 0 aliphatic rings. The van der Waals surface area contributed by atoms with Crippen LogP contribution in [0.1, 0.15) is 0 Å². The van der Waals surface area contributed by atoms with E-state index in [2.05, 4.69) is 0 Å². The zero-order valence-electron chi connectivity index (χ0n) is 3.23. The molecule has 0 fully saturated rings. The number of hydrogen-bond donors (Lipinski definition) is 0. The van der Waals surface area contributed by atoms with Crippen LogP contribution < -0.4 is 0 Å². The third-order valence-electron chi connectivity index (χ3n) is 0. The molecule has 0 atom stereocenters. The monoisotopic (exact) mass is 230 g/mol. The van der Waals surface area contributed by atoms with Gasteiger partial charge >= 0.3 is 48.9 Å². The van der Waals surface area contributed by atoms with E-state index in [1.54, 1.807) is 0 Å². The average Bonchev–Trinajstić information content (AvgIpc) is 1.39. The molecule has 0 radical (unpaired) electrons. The molecule has 0 heterocycles. The molecule has 0 aliphatic heterocycles. The van der Waals surface area contributed by atoms with Crippen molar-refractivity contribution in [1.82, 2.24) is 0 Å². The van der Waals surface area contributed by atoms with Gasteiger partial charge in [0.25, 0.3) is 0 Å². The first-order valence-electron chi connectivity index (χ1n) is 0.730. The first-order chi connectivity index (χ1) is 2.83. The molecule has 0 N–H and O–H groups in total. The maximum absolute atomic E-state index is 8.00. The van der Waals surface area contributed by atoms with Gasteiger partial charge in [-0.2, -0.15) is 0 Å². The van der Waals surface area contributed by atoms with Gasteiger partial charge in [-0.1, -0.05) is 0 Å². The topological polar surface area (TPSA) is 105 Å². The molecule has 7 heavy (non-hydrogen) atoms. The summed E-state index contributed by atoms with van der Waals surface area (Å²) < 4.78 is 0. The molecule has 0 aromatic carbocycles. The Balaban J connectivity index is -0.0000000400. The van der Waals surface area contributed by atoms with Gasteiger partial charge < -0.3 is 20.2 Å². The van der Waals surface area contributed by atoms with E-state index in [9.17, 15) is 0 Å². The Morgan fingerprint density at radius 2 is 1.00 bits per heavy atom. The molecule has 0 saturated heterocycles. The summed E-state index contributed by atoms with van der Waals surface area (Å²) in [4.78, 5) is 16.0. The van der Waals surface area contributed by atoms with Gasteiger partial charge in [-0.3, -0.25) is 0 Å². The zero-order valence-corrected chi connectivity index (χ0v) is 7.68. The van der Waals surface area contributed by atoms with Gasteiger partial charge in [-0.25, -0.2) is 0 Å². The molecular formula is BaN2O4. The fourth-order valence-electron chi connectivity index (χ4n) is 0. The van der Waals surface area contributed by atoms with Gasteiger partial charge in [0.1, 0.15) is 0 Å². The average molecular weight is 229 g/mol. The number of rotatable bonds is 0. The molecular weight excluding hydrogens is 229 g/mol. The molecule has 36 valence electrons. The summed E-state index contributed by atoms with van der Waals surface area (Å²) in [5, 5.41) is 18.0. The molecule has 6 nitrogen and oxygen atoms in total. The second-order valence-electron chi connectivity index (χ2n) is 0.149. The fraction of sp³-hybridized carbons (Fsp3) is 0. The van der Waals surface area contributed by atoms with Crippen molar-refractivity contribution in [3.05, 3.63) is 20.2 Å². The van der Waals surface area contributed by atoms with Gasteiger partial charge in [-0.15, -0.1) is 10.7 Å². The van der Waals surface area contributed by atoms with E-state index >= 15 is 0 Å². The van der Waals surface area contributed by atoms with Crippen LogP contribution >= 0.6 is 0 Å². The first kappa shape index (κ1) is 15.7. The van der Waals surface area contributed by atoms with Gasteiger partial charge in [0.05, 0.1) is 0 Å². The standard InChI is InChI=1S/Ba.2HNO2/c;2*2-1-3/h;2*(H,2,3)/q+2;;/p-2. The third-order valence-corrected chi connectivity index (χ3v) is 0. The molecule has 0 aromatic heterocycles. The Morgan fingerprint density at radius 1 is 1.00 bits per heavy atom. The summed E-state index contributed by atoms with van der Waals surface area (Å²) in [7, 11) is 0. The van der Waals surface area contributed by atoms with Gasteiger partial charge in [0.15, 0.2) is 0 Å². The summed E-state index contributed by atoms with van der Waals surface area (Å²) in [6.07, 6.45) is 0. The van der Waals surface area contributed by atoms with Crippen molar-refractivity contribution in [2.75, 3.05) is 0 Å². The molecule has 0 aliphatic carbocycles. The van der Waals surface area contributed by atoms with Crippen LogP contribution in [0.4, 0.5) is 0 Å². The molecule has 7 heteroatoms. The Labute approximate surface area is 78.8 Å². The predicted octanol–water partition coefficient (Wildman–Crippen LogP) is 0.120. The van der Waals surface area contributed by atoms with Crippen LogP contribution in [0.5, 0.6) is 0 Å². The SMILES string of the molecule is O=N[O-].O=N[O-].[Ba+2]. The van der Waals surface area contributed by atoms with Crippen LogP contribution in [0.3, 0.4) is 0 Å². The molecule has 0 aromatic rings. The smallest absolute Gasteiger partial charge is 0.444 e. The molecule has 0 bridgehead atoms. The summed E-state index contributed by atoms with van der Waals surface area (Å²) in [6.45, 7) is 0. The predicted molar refractivity (Wildman–Crippen MR) is 24.1 cm³/mol. The second kappa shape index (κ2) is 32.7. The summed E-state index contributed by atoms with van der Waals surface area (Å²) in [5.41, 5.74) is 0. The van der Waals surface area contributed by atoms with Crippen LogP contribution in [0, 0.1) is 20.2 Å². The maximum Gasteiger partial charge on any atom is 2.00 e. The Bertz CT molecular complexity index is 30.7. The van der Waals surface area contributed by atoms with E-state index < -0.39 is 0 Å². The third kappa shape index (κ3) is 883. The molecule has 0 spiro atoms. The van der Waals surface area contributed by atoms with E-state index in [1.165, 1.54) is 0 Å². The van der Waals surface area contributed by atoms with Gasteiger partial charge in [0.2, 0.25) is 0 Å². The zero-order chi connectivity index (χ0) is 5.41. The van der Waals surface area contributed by atoms with Crippen LogP contribution in [-0.2, 0) is 0 Å². The molecule has 0 saturated carbocycles. The van der Waals surface area contributed by atoms with E-state index in [4.69, 9.17) is 20.2 Å². The van der Waals surface area contributed by atoms with Crippen LogP contribution in [0.25, 0.3) is 0 Å². The van der Waals surface area contributed by atoms with E-state index in [0.29, 0.717) is 0 Å². The van der Waals surface area contributed by atoms with Crippen molar-refractivity contribution < 1.29 is 0 Å². The summed E-state index contributed by atoms with van der Waals surface area (Å²) >= 11 is 0.